The van der Waals surface area contributed by atoms with Crippen LogP contribution in [0, 0.1) is 0 Å². The molecule has 17 heavy (non-hydrogen) atoms. The van der Waals surface area contributed by atoms with Crippen LogP contribution in [-0.2, 0) is 13.1 Å². The summed E-state index contributed by atoms with van der Waals surface area (Å²) in [6, 6.07) is 8.00. The van der Waals surface area contributed by atoms with E-state index >= 15 is 0 Å². The molecular formula is C13H17N3O. The Kier molecular flexibility index (Phi) is 3.65. The van der Waals surface area contributed by atoms with Crippen LogP contribution in [0.3, 0.4) is 0 Å². The predicted molar refractivity (Wildman–Crippen MR) is 68.2 cm³/mol. The van der Waals surface area contributed by atoms with E-state index in [-0.39, 0.29) is 0 Å². The molecule has 0 aliphatic rings. The smallest absolute Gasteiger partial charge is 0.123 e. The minimum Gasteiger partial charge on any atom is -0.496 e. The summed E-state index contributed by atoms with van der Waals surface area (Å²) in [4.78, 5) is 0. The van der Waals surface area contributed by atoms with E-state index in [1.165, 1.54) is 0 Å². The highest BCUT2D eigenvalue weighted by Gasteiger charge is 2.02. The number of nitrogens with one attached hydrogen (secondary N) is 1. The van der Waals surface area contributed by atoms with E-state index in [1.807, 2.05) is 35.3 Å². The first-order valence-electron chi connectivity index (χ1n) is 5.71. The van der Waals surface area contributed by atoms with Gasteiger partial charge in [-0.2, -0.15) is 5.10 Å². The molecule has 2 rings (SSSR count). The maximum atomic E-state index is 5.30. The van der Waals surface area contributed by atoms with Crippen molar-refractivity contribution in [1.82, 2.24) is 9.78 Å². The Morgan fingerprint density at radius 3 is 2.88 bits per heavy atom. The van der Waals surface area contributed by atoms with Crippen LogP contribution in [0.2, 0.25) is 0 Å². The van der Waals surface area contributed by atoms with Gasteiger partial charge in [0.15, 0.2) is 0 Å². The Morgan fingerprint density at radius 1 is 1.35 bits per heavy atom. The van der Waals surface area contributed by atoms with Crippen molar-refractivity contribution in [3.8, 4) is 5.75 Å². The van der Waals surface area contributed by atoms with Crippen LogP contribution >= 0.6 is 0 Å². The molecule has 0 saturated carbocycles. The van der Waals surface area contributed by atoms with Crippen molar-refractivity contribution < 1.29 is 4.74 Å². The van der Waals surface area contributed by atoms with E-state index in [9.17, 15) is 0 Å². The molecular weight excluding hydrogens is 214 g/mol. The summed E-state index contributed by atoms with van der Waals surface area (Å²) in [7, 11) is 1.69. The molecule has 0 bridgehead atoms. The first-order valence-corrected chi connectivity index (χ1v) is 5.71. The molecule has 0 spiro atoms. The Morgan fingerprint density at radius 2 is 2.18 bits per heavy atom. The molecule has 1 N–H and O–H groups in total. The quantitative estimate of drug-likeness (QED) is 0.859. The van der Waals surface area contributed by atoms with Crippen LogP contribution in [0.5, 0.6) is 5.75 Å². The number of methoxy groups -OCH3 is 1. The third-order valence-electron chi connectivity index (χ3n) is 2.63. The fraction of sp³-hybridized carbons (Fsp3) is 0.308. The second kappa shape index (κ2) is 5.39. The number of benzene rings is 1. The molecule has 2 aromatic rings. The lowest BCUT2D eigenvalue weighted by atomic mass is 10.2. The summed E-state index contributed by atoms with van der Waals surface area (Å²) in [5.74, 6) is 0.905. The van der Waals surface area contributed by atoms with E-state index in [1.54, 1.807) is 7.11 Å². The van der Waals surface area contributed by atoms with Gasteiger partial charge in [0.2, 0.25) is 0 Å². The molecule has 0 aliphatic heterocycles. The number of ether oxygens (including phenoxy) is 1. The van der Waals surface area contributed by atoms with Crippen LogP contribution < -0.4 is 10.1 Å². The number of hydrogen-bond donors (Lipinski definition) is 1. The van der Waals surface area contributed by atoms with E-state index in [0.29, 0.717) is 0 Å². The van der Waals surface area contributed by atoms with Crippen molar-refractivity contribution in [3.63, 3.8) is 0 Å². The van der Waals surface area contributed by atoms with Gasteiger partial charge in [-0.15, -0.1) is 0 Å². The van der Waals surface area contributed by atoms with Crippen LogP contribution in [-0.4, -0.2) is 16.9 Å². The largest absolute Gasteiger partial charge is 0.496 e. The highest BCUT2D eigenvalue weighted by Crippen LogP contribution is 2.18. The average Bonchev–Trinajstić information content (AvgIpc) is 2.84. The second-order valence-electron chi connectivity index (χ2n) is 3.75. The van der Waals surface area contributed by atoms with Gasteiger partial charge in [0.1, 0.15) is 5.75 Å². The predicted octanol–water partition coefficient (Wildman–Crippen LogP) is 2.52. The maximum absolute atomic E-state index is 5.30. The van der Waals surface area contributed by atoms with Gasteiger partial charge in [-0.3, -0.25) is 4.68 Å². The van der Waals surface area contributed by atoms with Crippen LogP contribution in [0.1, 0.15) is 12.5 Å². The van der Waals surface area contributed by atoms with Crippen LogP contribution in [0.15, 0.2) is 36.7 Å². The van der Waals surface area contributed by atoms with Crippen molar-refractivity contribution >= 4 is 5.69 Å². The highest BCUT2D eigenvalue weighted by molar-refractivity contribution is 5.42. The zero-order chi connectivity index (χ0) is 12.1. The van der Waals surface area contributed by atoms with Crippen molar-refractivity contribution in [2.45, 2.75) is 20.0 Å². The van der Waals surface area contributed by atoms with Gasteiger partial charge in [0, 0.05) is 24.8 Å². The summed E-state index contributed by atoms with van der Waals surface area (Å²) in [6.45, 7) is 3.69. The summed E-state index contributed by atoms with van der Waals surface area (Å²) >= 11 is 0. The van der Waals surface area contributed by atoms with Gasteiger partial charge in [-0.1, -0.05) is 18.2 Å². The van der Waals surface area contributed by atoms with Gasteiger partial charge < -0.3 is 10.1 Å². The lowest BCUT2D eigenvalue weighted by Gasteiger charge is -2.08. The van der Waals surface area contributed by atoms with Crippen LogP contribution in [0.4, 0.5) is 5.69 Å². The van der Waals surface area contributed by atoms with E-state index in [2.05, 4.69) is 23.4 Å². The zero-order valence-corrected chi connectivity index (χ0v) is 10.2. The first-order chi connectivity index (χ1) is 8.33. The molecule has 0 amide bonds. The lowest BCUT2D eigenvalue weighted by Crippen LogP contribution is -2.00. The Labute approximate surface area is 101 Å². The van der Waals surface area contributed by atoms with E-state index < -0.39 is 0 Å². The number of rotatable bonds is 5. The summed E-state index contributed by atoms with van der Waals surface area (Å²) in [5.41, 5.74) is 2.16. The van der Waals surface area contributed by atoms with Crippen molar-refractivity contribution in [2.75, 3.05) is 12.4 Å². The molecule has 4 nitrogen and oxygen atoms in total. The third kappa shape index (κ3) is 2.78. The fourth-order valence-electron chi connectivity index (χ4n) is 1.67. The molecule has 0 aliphatic carbocycles. The normalized spacial score (nSPS) is 10.2. The Bertz CT molecular complexity index is 479. The molecule has 0 atom stereocenters. The third-order valence-corrected chi connectivity index (χ3v) is 2.63. The average molecular weight is 231 g/mol. The molecule has 0 unspecified atom stereocenters. The van der Waals surface area contributed by atoms with Gasteiger partial charge in [0.05, 0.1) is 19.0 Å². The summed E-state index contributed by atoms with van der Waals surface area (Å²) in [6.07, 6.45) is 3.83. The minimum absolute atomic E-state index is 0.736. The van der Waals surface area contributed by atoms with E-state index in [4.69, 9.17) is 4.74 Å². The standard InChI is InChI=1S/C13H17N3O/c1-3-16-10-12(9-15-16)14-8-11-6-4-5-7-13(11)17-2/h4-7,9-10,14H,3,8H2,1-2H3. The molecule has 4 heteroatoms. The molecule has 1 aromatic carbocycles. The lowest BCUT2D eigenvalue weighted by molar-refractivity contribution is 0.410. The first kappa shape index (κ1) is 11.5. The monoisotopic (exact) mass is 231 g/mol. The number of anilines is 1. The van der Waals surface area contributed by atoms with Crippen molar-refractivity contribution in [2.24, 2.45) is 0 Å². The molecule has 90 valence electrons. The molecule has 1 heterocycles. The number of aryl methyl sites for hydroxylation is 1. The molecule has 0 fully saturated rings. The Hall–Kier alpha value is -1.97. The van der Waals surface area contributed by atoms with Gasteiger partial charge in [0.25, 0.3) is 0 Å². The molecule has 0 saturated heterocycles. The highest BCUT2D eigenvalue weighted by atomic mass is 16.5. The number of nitrogens with zero attached hydrogens (tertiary/aromatic N) is 2. The zero-order valence-electron chi connectivity index (χ0n) is 10.2. The van der Waals surface area contributed by atoms with Gasteiger partial charge >= 0.3 is 0 Å². The number of aromatic nitrogens is 2. The van der Waals surface area contributed by atoms with Crippen molar-refractivity contribution in [3.05, 3.63) is 42.2 Å². The van der Waals surface area contributed by atoms with E-state index in [0.717, 1.165) is 30.1 Å². The molecule has 1 aromatic heterocycles. The number of para-hydroxylation sites is 1. The SMILES string of the molecule is CCn1cc(NCc2ccccc2OC)cn1. The fourth-order valence-corrected chi connectivity index (χ4v) is 1.67. The minimum atomic E-state index is 0.736. The van der Waals surface area contributed by atoms with Gasteiger partial charge in [-0.05, 0) is 13.0 Å². The second-order valence-corrected chi connectivity index (χ2v) is 3.75. The van der Waals surface area contributed by atoms with Crippen LogP contribution in [0.25, 0.3) is 0 Å². The molecule has 0 radical (unpaired) electrons. The van der Waals surface area contributed by atoms with Gasteiger partial charge in [-0.25, -0.2) is 0 Å². The summed E-state index contributed by atoms with van der Waals surface area (Å²) < 4.78 is 7.19. The van der Waals surface area contributed by atoms with Crippen molar-refractivity contribution in [1.29, 1.82) is 0 Å². The number of hydrogen-bond acceptors (Lipinski definition) is 3. The topological polar surface area (TPSA) is 39.1 Å². The summed E-state index contributed by atoms with van der Waals surface area (Å²) in [5, 5.41) is 7.54. The maximum Gasteiger partial charge on any atom is 0.123 e. The Balaban J connectivity index is 2.01.